The highest BCUT2D eigenvalue weighted by molar-refractivity contribution is 7.98. The largest absolute Gasteiger partial charge is 0.396 e. The van der Waals surface area contributed by atoms with Crippen LogP contribution in [0.3, 0.4) is 0 Å². The number of nitrogens with two attached hydrogens (primary N) is 1. The van der Waals surface area contributed by atoms with Gasteiger partial charge in [-0.05, 0) is 31.7 Å². The summed E-state index contributed by atoms with van der Waals surface area (Å²) in [5.41, 5.74) is 7.57. The average molecular weight is 225 g/mol. The van der Waals surface area contributed by atoms with Gasteiger partial charge in [0.1, 0.15) is 5.82 Å². The maximum Gasteiger partial charge on any atom is 0.149 e. The molecule has 0 aliphatic heterocycles. The number of aryl methyl sites for hydroxylation is 1. The zero-order valence-electron chi connectivity index (χ0n) is 9.58. The highest BCUT2D eigenvalue weighted by Crippen LogP contribution is 2.18. The molecule has 15 heavy (non-hydrogen) atoms. The Morgan fingerprint density at radius 3 is 2.87 bits per heavy atom. The number of nitrogen functional groups attached to an aromatic ring is 1. The van der Waals surface area contributed by atoms with Crippen molar-refractivity contribution in [3.63, 3.8) is 0 Å². The minimum Gasteiger partial charge on any atom is -0.396 e. The topological polar surface area (TPSA) is 50.9 Å². The van der Waals surface area contributed by atoms with E-state index < -0.39 is 0 Å². The molecule has 0 aliphatic rings. The maximum absolute atomic E-state index is 5.86. The third-order valence-corrected chi connectivity index (χ3v) is 3.00. The van der Waals surface area contributed by atoms with Crippen molar-refractivity contribution in [1.82, 2.24) is 4.98 Å². The van der Waals surface area contributed by atoms with Gasteiger partial charge in [-0.15, -0.1) is 0 Å². The first kappa shape index (κ1) is 12.2. The van der Waals surface area contributed by atoms with Crippen LogP contribution in [0.4, 0.5) is 11.5 Å². The lowest BCUT2D eigenvalue weighted by molar-refractivity contribution is 0.770. The lowest BCUT2D eigenvalue weighted by Crippen LogP contribution is -2.22. The second-order valence-corrected chi connectivity index (χ2v) is 4.51. The van der Waals surface area contributed by atoms with Gasteiger partial charge in [0.15, 0.2) is 0 Å². The Bertz CT molecular complexity index is 315. The van der Waals surface area contributed by atoms with Crippen molar-refractivity contribution in [3.05, 3.63) is 17.8 Å². The molecule has 1 unspecified atom stereocenters. The molecule has 4 heteroatoms. The number of pyridine rings is 1. The predicted octanol–water partition coefficient (Wildman–Crippen LogP) is 2.53. The van der Waals surface area contributed by atoms with Gasteiger partial charge < -0.3 is 11.1 Å². The van der Waals surface area contributed by atoms with Crippen molar-refractivity contribution < 1.29 is 0 Å². The first-order chi connectivity index (χ1) is 7.17. The van der Waals surface area contributed by atoms with Gasteiger partial charge in [-0.25, -0.2) is 4.98 Å². The Hall–Kier alpha value is -0.900. The van der Waals surface area contributed by atoms with Crippen LogP contribution < -0.4 is 11.1 Å². The van der Waals surface area contributed by atoms with Gasteiger partial charge in [0.2, 0.25) is 0 Å². The Kier molecular flexibility index (Phi) is 4.75. The Labute approximate surface area is 95.9 Å². The van der Waals surface area contributed by atoms with E-state index >= 15 is 0 Å². The van der Waals surface area contributed by atoms with E-state index in [1.54, 1.807) is 0 Å². The summed E-state index contributed by atoms with van der Waals surface area (Å²) in [6.07, 6.45) is 3.19. The predicted molar refractivity (Wildman–Crippen MR) is 69.5 cm³/mol. The van der Waals surface area contributed by atoms with Crippen molar-refractivity contribution in [2.75, 3.05) is 23.1 Å². The van der Waals surface area contributed by atoms with Crippen LogP contribution in [-0.2, 0) is 0 Å². The number of nitrogens with one attached hydrogen (secondary N) is 1. The SMILES string of the molecule is CCC(CSC)Nc1nc(C)ccc1N. The summed E-state index contributed by atoms with van der Waals surface area (Å²) in [6, 6.07) is 4.27. The molecule has 0 saturated carbocycles. The minimum atomic E-state index is 0.441. The van der Waals surface area contributed by atoms with Gasteiger partial charge in [-0.3, -0.25) is 0 Å². The van der Waals surface area contributed by atoms with Gasteiger partial charge >= 0.3 is 0 Å². The summed E-state index contributed by atoms with van der Waals surface area (Å²) in [5, 5.41) is 3.38. The highest BCUT2D eigenvalue weighted by Gasteiger charge is 2.08. The number of rotatable bonds is 5. The first-order valence-electron chi connectivity index (χ1n) is 5.16. The molecule has 0 radical (unpaired) electrons. The average Bonchev–Trinajstić information content (AvgIpc) is 2.22. The summed E-state index contributed by atoms with van der Waals surface area (Å²) in [4.78, 5) is 4.40. The molecule has 0 saturated heterocycles. The molecule has 0 bridgehead atoms. The fourth-order valence-corrected chi connectivity index (χ4v) is 2.06. The van der Waals surface area contributed by atoms with Crippen LogP contribution in [0.5, 0.6) is 0 Å². The normalized spacial score (nSPS) is 12.5. The van der Waals surface area contributed by atoms with E-state index in [9.17, 15) is 0 Å². The summed E-state index contributed by atoms with van der Waals surface area (Å²) < 4.78 is 0. The smallest absolute Gasteiger partial charge is 0.149 e. The van der Waals surface area contributed by atoms with E-state index in [1.165, 1.54) is 0 Å². The number of aromatic nitrogens is 1. The molecule has 1 atom stereocenters. The molecule has 0 aromatic carbocycles. The van der Waals surface area contributed by atoms with E-state index in [0.29, 0.717) is 6.04 Å². The molecular formula is C11H19N3S. The molecule has 0 fully saturated rings. The van der Waals surface area contributed by atoms with Crippen LogP contribution in [-0.4, -0.2) is 23.0 Å². The van der Waals surface area contributed by atoms with E-state index in [1.807, 2.05) is 30.8 Å². The van der Waals surface area contributed by atoms with Crippen LogP contribution in [0.25, 0.3) is 0 Å². The second-order valence-electron chi connectivity index (χ2n) is 3.60. The van der Waals surface area contributed by atoms with Crippen molar-refractivity contribution in [1.29, 1.82) is 0 Å². The molecule has 0 spiro atoms. The van der Waals surface area contributed by atoms with Crippen LogP contribution in [0.15, 0.2) is 12.1 Å². The van der Waals surface area contributed by atoms with Crippen molar-refractivity contribution in [3.8, 4) is 0 Å². The van der Waals surface area contributed by atoms with E-state index in [4.69, 9.17) is 5.73 Å². The highest BCUT2D eigenvalue weighted by atomic mass is 32.2. The molecule has 1 rings (SSSR count). The summed E-state index contributed by atoms with van der Waals surface area (Å²) in [5.74, 6) is 1.89. The minimum absolute atomic E-state index is 0.441. The molecule has 3 N–H and O–H groups in total. The van der Waals surface area contributed by atoms with Crippen molar-refractivity contribution in [2.45, 2.75) is 26.3 Å². The third-order valence-electron chi connectivity index (χ3n) is 2.27. The molecule has 1 aromatic rings. The molecule has 0 aliphatic carbocycles. The van der Waals surface area contributed by atoms with E-state index in [0.717, 1.165) is 29.4 Å². The van der Waals surface area contributed by atoms with Crippen molar-refractivity contribution >= 4 is 23.3 Å². The molecular weight excluding hydrogens is 206 g/mol. The van der Waals surface area contributed by atoms with Crippen LogP contribution in [0, 0.1) is 6.92 Å². The Morgan fingerprint density at radius 1 is 1.53 bits per heavy atom. The van der Waals surface area contributed by atoms with Gasteiger partial charge in [-0.1, -0.05) is 6.92 Å². The van der Waals surface area contributed by atoms with Gasteiger partial charge in [-0.2, -0.15) is 11.8 Å². The van der Waals surface area contributed by atoms with E-state index in [-0.39, 0.29) is 0 Å². The van der Waals surface area contributed by atoms with Crippen LogP contribution in [0.2, 0.25) is 0 Å². The van der Waals surface area contributed by atoms with Crippen LogP contribution >= 0.6 is 11.8 Å². The van der Waals surface area contributed by atoms with Gasteiger partial charge in [0, 0.05) is 17.5 Å². The quantitative estimate of drug-likeness (QED) is 0.808. The monoisotopic (exact) mass is 225 g/mol. The fraction of sp³-hybridized carbons (Fsp3) is 0.545. The number of hydrogen-bond donors (Lipinski definition) is 2. The molecule has 3 nitrogen and oxygen atoms in total. The van der Waals surface area contributed by atoms with Gasteiger partial charge in [0.25, 0.3) is 0 Å². The zero-order chi connectivity index (χ0) is 11.3. The summed E-state index contributed by atoms with van der Waals surface area (Å²) in [6.45, 7) is 4.14. The van der Waals surface area contributed by atoms with Crippen LogP contribution in [0.1, 0.15) is 19.0 Å². The molecule has 84 valence electrons. The third kappa shape index (κ3) is 3.63. The molecule has 1 heterocycles. The van der Waals surface area contributed by atoms with Gasteiger partial charge in [0.05, 0.1) is 5.69 Å². The summed E-state index contributed by atoms with van der Waals surface area (Å²) in [7, 11) is 0. The number of hydrogen-bond acceptors (Lipinski definition) is 4. The number of nitrogens with zero attached hydrogens (tertiary/aromatic N) is 1. The first-order valence-corrected chi connectivity index (χ1v) is 6.55. The molecule has 1 aromatic heterocycles. The number of thioether (sulfide) groups is 1. The lowest BCUT2D eigenvalue weighted by Gasteiger charge is -2.17. The Morgan fingerprint density at radius 2 is 2.27 bits per heavy atom. The maximum atomic E-state index is 5.86. The van der Waals surface area contributed by atoms with Crippen molar-refractivity contribution in [2.24, 2.45) is 0 Å². The second kappa shape index (κ2) is 5.85. The Balaban J connectivity index is 2.73. The fourth-order valence-electron chi connectivity index (χ4n) is 1.34. The zero-order valence-corrected chi connectivity index (χ0v) is 10.4. The number of anilines is 2. The lowest BCUT2D eigenvalue weighted by atomic mass is 10.2. The summed E-state index contributed by atoms with van der Waals surface area (Å²) >= 11 is 1.83. The standard InChI is InChI=1S/C11H19N3S/c1-4-9(7-15-3)14-11-10(12)6-5-8(2)13-11/h5-6,9H,4,7,12H2,1-3H3,(H,13,14). The molecule has 0 amide bonds. The van der Waals surface area contributed by atoms with E-state index in [2.05, 4.69) is 23.5 Å².